The van der Waals surface area contributed by atoms with Gasteiger partial charge in [0.1, 0.15) is 11.9 Å². The molecule has 0 aliphatic carbocycles. The van der Waals surface area contributed by atoms with Crippen LogP contribution in [0.3, 0.4) is 0 Å². The number of rotatable bonds is 4. The Kier molecular flexibility index (Phi) is 5.60. The number of hydrogen-bond donors (Lipinski definition) is 2. The number of amides is 4. The van der Waals surface area contributed by atoms with Crippen molar-refractivity contribution in [3.8, 4) is 0 Å². The van der Waals surface area contributed by atoms with Crippen LogP contribution in [0.4, 0.5) is 10.1 Å². The van der Waals surface area contributed by atoms with Gasteiger partial charge in [0.05, 0.1) is 16.8 Å². The summed E-state index contributed by atoms with van der Waals surface area (Å²) in [5.74, 6) is -2.21. The van der Waals surface area contributed by atoms with Crippen molar-refractivity contribution in [2.24, 2.45) is 5.92 Å². The van der Waals surface area contributed by atoms with Crippen LogP contribution in [0.25, 0.3) is 0 Å². The van der Waals surface area contributed by atoms with E-state index in [1.165, 1.54) is 18.9 Å². The van der Waals surface area contributed by atoms with Gasteiger partial charge >= 0.3 is 0 Å². The first-order chi connectivity index (χ1) is 16.9. The summed E-state index contributed by atoms with van der Waals surface area (Å²) in [5.41, 5.74) is 0.447. The minimum atomic E-state index is -1.05. The number of anilines is 1. The molecule has 6 rings (SSSR count). The molecule has 4 fully saturated rings. The molecule has 0 radical (unpaired) electrons. The number of piperidine rings is 2. The largest absolute Gasteiger partial charge is 0.366 e. The average Bonchev–Trinajstić information content (AvgIpc) is 3.20. The smallest absolute Gasteiger partial charge is 0.262 e. The molecule has 35 heavy (non-hydrogen) atoms. The van der Waals surface area contributed by atoms with Crippen molar-refractivity contribution in [1.82, 2.24) is 20.4 Å². The average molecular weight is 484 g/mol. The van der Waals surface area contributed by atoms with Crippen molar-refractivity contribution in [2.45, 2.75) is 56.7 Å². The molecule has 4 amide bonds. The summed E-state index contributed by atoms with van der Waals surface area (Å²) in [4.78, 5) is 55.4. The Morgan fingerprint density at radius 2 is 1.54 bits per heavy atom. The van der Waals surface area contributed by atoms with E-state index < -0.39 is 35.5 Å². The number of nitrogens with zero attached hydrogens (tertiary/aromatic N) is 3. The van der Waals surface area contributed by atoms with E-state index in [1.807, 2.05) is 4.90 Å². The van der Waals surface area contributed by atoms with E-state index in [0.717, 1.165) is 43.4 Å². The van der Waals surface area contributed by atoms with E-state index in [9.17, 15) is 19.2 Å². The molecule has 0 spiro atoms. The van der Waals surface area contributed by atoms with Gasteiger partial charge in [-0.2, -0.15) is 0 Å². The monoisotopic (exact) mass is 483 g/mol. The molecule has 0 aromatic heterocycles. The van der Waals surface area contributed by atoms with Gasteiger partial charge in [-0.05, 0) is 63.2 Å². The third-order valence-corrected chi connectivity index (χ3v) is 8.41. The van der Waals surface area contributed by atoms with Crippen molar-refractivity contribution in [2.75, 3.05) is 37.6 Å². The fraction of sp³-hybridized carbons (Fsp3) is 0.600. The van der Waals surface area contributed by atoms with E-state index in [-0.39, 0.29) is 24.0 Å². The molecule has 9 nitrogen and oxygen atoms in total. The lowest BCUT2D eigenvalue weighted by Crippen LogP contribution is -2.55. The molecule has 3 atom stereocenters. The number of hydrogen-bond acceptors (Lipinski definition) is 7. The minimum Gasteiger partial charge on any atom is -0.366 e. The minimum absolute atomic E-state index is 0.0199. The second kappa shape index (κ2) is 8.67. The zero-order chi connectivity index (χ0) is 24.3. The molecule has 2 bridgehead atoms. The van der Waals surface area contributed by atoms with Crippen molar-refractivity contribution in [3.05, 3.63) is 29.1 Å². The Balaban J connectivity index is 1.21. The fourth-order valence-corrected chi connectivity index (χ4v) is 6.57. The van der Waals surface area contributed by atoms with Crippen LogP contribution < -0.4 is 15.5 Å². The van der Waals surface area contributed by atoms with Gasteiger partial charge in [-0.1, -0.05) is 0 Å². The quantitative estimate of drug-likeness (QED) is 0.613. The highest BCUT2D eigenvalue weighted by molar-refractivity contribution is 6.23. The van der Waals surface area contributed by atoms with E-state index in [4.69, 9.17) is 0 Å². The number of piperazine rings is 1. The van der Waals surface area contributed by atoms with Crippen LogP contribution in [0.5, 0.6) is 0 Å². The zero-order valence-corrected chi connectivity index (χ0v) is 19.6. The second-order valence-corrected chi connectivity index (χ2v) is 10.5. The van der Waals surface area contributed by atoms with Crippen LogP contribution in [0.2, 0.25) is 0 Å². The molecule has 1 aromatic rings. The van der Waals surface area contributed by atoms with Gasteiger partial charge in [0.15, 0.2) is 0 Å². The molecule has 3 unspecified atom stereocenters. The summed E-state index contributed by atoms with van der Waals surface area (Å²) in [7, 11) is 0. The number of imide groups is 2. The third kappa shape index (κ3) is 3.83. The van der Waals surface area contributed by atoms with Crippen molar-refractivity contribution >= 4 is 29.3 Å². The molecule has 5 heterocycles. The Morgan fingerprint density at radius 3 is 2.20 bits per heavy atom. The molecule has 0 saturated carbocycles. The molecular weight excluding hydrogens is 453 g/mol. The van der Waals surface area contributed by atoms with E-state index in [1.54, 1.807) is 0 Å². The maximum absolute atomic E-state index is 15.3. The summed E-state index contributed by atoms with van der Waals surface area (Å²) in [6.07, 6.45) is 4.68. The highest BCUT2D eigenvalue weighted by Crippen LogP contribution is 2.37. The molecule has 2 N–H and O–H groups in total. The highest BCUT2D eigenvalue weighted by Gasteiger charge is 2.46. The van der Waals surface area contributed by atoms with Crippen LogP contribution in [0.15, 0.2) is 12.1 Å². The predicted octanol–water partition coefficient (Wildman–Crippen LogP) is 0.880. The van der Waals surface area contributed by atoms with E-state index >= 15 is 4.39 Å². The Morgan fingerprint density at radius 1 is 0.886 bits per heavy atom. The van der Waals surface area contributed by atoms with Gasteiger partial charge in [0, 0.05) is 38.1 Å². The maximum atomic E-state index is 15.3. The number of carbonyl (C=O) groups is 4. The third-order valence-electron chi connectivity index (χ3n) is 8.41. The van der Waals surface area contributed by atoms with E-state index in [0.29, 0.717) is 36.8 Å². The standard InChI is InChI=1S/C25H30FN5O4/c26-19-9-17-18(25(35)31(24(17)34)20-3-4-22(32)28-23(20)33)10-21(19)29-12-15-1-2-16(13-29)30(15)11-14-5-7-27-8-6-14/h9-10,14-16,20,27H,1-8,11-13H2,(H,28,32,33). The van der Waals surface area contributed by atoms with Gasteiger partial charge in [0.25, 0.3) is 11.8 Å². The first kappa shape index (κ1) is 22.6. The van der Waals surface area contributed by atoms with Crippen molar-refractivity contribution in [1.29, 1.82) is 0 Å². The number of carbonyl (C=O) groups excluding carboxylic acids is 4. The Bertz CT molecular complexity index is 1090. The van der Waals surface area contributed by atoms with Gasteiger partial charge in [-0.15, -0.1) is 0 Å². The lowest BCUT2D eigenvalue weighted by atomic mass is 9.96. The topological polar surface area (TPSA) is 102 Å². The van der Waals surface area contributed by atoms with Crippen molar-refractivity contribution in [3.63, 3.8) is 0 Å². The molecule has 1 aromatic carbocycles. The normalized spacial score (nSPS) is 29.7. The van der Waals surface area contributed by atoms with Gasteiger partial charge < -0.3 is 10.2 Å². The van der Waals surface area contributed by atoms with Gasteiger partial charge in [0.2, 0.25) is 11.8 Å². The van der Waals surface area contributed by atoms with Crippen molar-refractivity contribution < 1.29 is 23.6 Å². The molecule has 5 aliphatic rings. The fourth-order valence-electron chi connectivity index (χ4n) is 6.57. The maximum Gasteiger partial charge on any atom is 0.262 e. The van der Waals surface area contributed by atoms with Crippen LogP contribution >= 0.6 is 0 Å². The molecule has 186 valence electrons. The van der Waals surface area contributed by atoms with Crippen LogP contribution in [-0.4, -0.2) is 84.3 Å². The second-order valence-electron chi connectivity index (χ2n) is 10.5. The van der Waals surface area contributed by atoms with Gasteiger partial charge in [-0.3, -0.25) is 34.3 Å². The SMILES string of the molecule is O=C1CCC(N2C(=O)c3cc(F)c(N4CC5CCC(C4)N5CC4CCNCC4)cc3C2=O)C(=O)N1. The molecule has 4 saturated heterocycles. The van der Waals surface area contributed by atoms with Crippen LogP contribution in [0.1, 0.15) is 59.2 Å². The lowest BCUT2D eigenvalue weighted by molar-refractivity contribution is -0.136. The number of fused-ring (bicyclic) bond motifs is 3. The lowest BCUT2D eigenvalue weighted by Gasteiger charge is -2.44. The summed E-state index contributed by atoms with van der Waals surface area (Å²) < 4.78 is 15.3. The summed E-state index contributed by atoms with van der Waals surface area (Å²) in [6, 6.07) is 2.28. The highest BCUT2D eigenvalue weighted by atomic mass is 19.1. The Labute approximate surface area is 203 Å². The zero-order valence-electron chi connectivity index (χ0n) is 19.6. The van der Waals surface area contributed by atoms with Gasteiger partial charge in [-0.25, -0.2) is 4.39 Å². The van der Waals surface area contributed by atoms with Crippen LogP contribution in [0, 0.1) is 11.7 Å². The van der Waals surface area contributed by atoms with E-state index in [2.05, 4.69) is 15.5 Å². The number of nitrogens with one attached hydrogen (secondary N) is 2. The first-order valence-electron chi connectivity index (χ1n) is 12.7. The number of halogens is 1. The summed E-state index contributed by atoms with van der Waals surface area (Å²) >= 11 is 0. The first-order valence-corrected chi connectivity index (χ1v) is 12.7. The molecular formula is C25H30FN5O4. The number of benzene rings is 1. The Hall–Kier alpha value is -2.85. The van der Waals surface area contributed by atoms with Crippen LogP contribution in [-0.2, 0) is 9.59 Å². The summed E-state index contributed by atoms with van der Waals surface area (Å²) in [5, 5.41) is 5.60. The summed E-state index contributed by atoms with van der Waals surface area (Å²) in [6.45, 7) is 4.61. The molecule has 10 heteroatoms. The predicted molar refractivity (Wildman–Crippen MR) is 124 cm³/mol. The molecule has 5 aliphatic heterocycles.